The minimum absolute atomic E-state index is 0.0998. The van der Waals surface area contributed by atoms with Crippen molar-refractivity contribution in [2.45, 2.75) is 25.1 Å². The molecule has 1 aliphatic heterocycles. The van der Waals surface area contributed by atoms with Crippen LogP contribution in [-0.4, -0.2) is 54.9 Å². The smallest absolute Gasteiger partial charge is 0.322 e. The minimum atomic E-state index is -0.752. The Morgan fingerprint density at radius 3 is 2.59 bits per heavy atom. The van der Waals surface area contributed by atoms with Crippen molar-refractivity contribution in [1.82, 2.24) is 10.2 Å². The summed E-state index contributed by atoms with van der Waals surface area (Å²) in [5.41, 5.74) is 1.40. The van der Waals surface area contributed by atoms with Gasteiger partial charge in [0.15, 0.2) is 0 Å². The van der Waals surface area contributed by atoms with Crippen LogP contribution >= 0.6 is 0 Å². The van der Waals surface area contributed by atoms with Gasteiger partial charge < -0.3 is 30.1 Å². The Morgan fingerprint density at radius 2 is 1.90 bits per heavy atom. The summed E-state index contributed by atoms with van der Waals surface area (Å²) in [4.78, 5) is 26.7. The van der Waals surface area contributed by atoms with Crippen molar-refractivity contribution in [2.75, 3.05) is 26.1 Å². The highest BCUT2D eigenvalue weighted by Gasteiger charge is 2.39. The molecule has 3 N–H and O–H groups in total. The molecule has 0 radical (unpaired) electrons. The Bertz CT molecular complexity index is 859. The number of methoxy groups -OCH3 is 2. The first-order valence-corrected chi connectivity index (χ1v) is 9.31. The molecule has 8 heteroatoms. The number of para-hydroxylation sites is 1. The van der Waals surface area contributed by atoms with E-state index in [1.54, 1.807) is 56.7 Å². The third-order valence-electron chi connectivity index (χ3n) is 4.81. The number of nitrogens with one attached hydrogen (secondary N) is 2. The molecule has 1 aliphatic rings. The Morgan fingerprint density at radius 1 is 1.14 bits per heavy atom. The summed E-state index contributed by atoms with van der Waals surface area (Å²) in [5.74, 6) is 0.914. The number of β-amino-alcohol motifs (C(OH)–C–C–N with tert-alkyl or cyclic N) is 1. The Balaban J connectivity index is 1.65. The van der Waals surface area contributed by atoms with E-state index in [0.717, 1.165) is 5.56 Å². The van der Waals surface area contributed by atoms with E-state index in [2.05, 4.69) is 10.6 Å². The Hall–Kier alpha value is -3.26. The van der Waals surface area contributed by atoms with Crippen molar-refractivity contribution < 1.29 is 24.2 Å². The molecule has 154 valence electrons. The number of aliphatic hydroxyl groups excluding tert-OH is 1. The van der Waals surface area contributed by atoms with Gasteiger partial charge in [0, 0.05) is 36.8 Å². The van der Waals surface area contributed by atoms with Gasteiger partial charge in [0.25, 0.3) is 0 Å². The first kappa shape index (κ1) is 20.5. The lowest BCUT2D eigenvalue weighted by Gasteiger charge is -2.24. The zero-order valence-corrected chi connectivity index (χ0v) is 16.4. The number of amides is 3. The van der Waals surface area contributed by atoms with E-state index in [1.165, 1.54) is 4.90 Å². The maximum absolute atomic E-state index is 12.7. The van der Waals surface area contributed by atoms with Gasteiger partial charge in [0.05, 0.1) is 20.3 Å². The molecule has 2 atom stereocenters. The van der Waals surface area contributed by atoms with Crippen LogP contribution in [0.25, 0.3) is 0 Å². The lowest BCUT2D eigenvalue weighted by atomic mass is 10.1. The van der Waals surface area contributed by atoms with E-state index < -0.39 is 18.2 Å². The predicted molar refractivity (Wildman–Crippen MR) is 108 cm³/mol. The third-order valence-corrected chi connectivity index (χ3v) is 4.81. The van der Waals surface area contributed by atoms with Crippen LogP contribution in [0.1, 0.15) is 12.0 Å². The van der Waals surface area contributed by atoms with Crippen molar-refractivity contribution in [3.63, 3.8) is 0 Å². The molecular weight excluding hydrogens is 374 g/mol. The summed E-state index contributed by atoms with van der Waals surface area (Å²) in [6.07, 6.45) is -0.559. The molecule has 1 fully saturated rings. The van der Waals surface area contributed by atoms with E-state index >= 15 is 0 Å². The first-order chi connectivity index (χ1) is 14.0. The van der Waals surface area contributed by atoms with Crippen LogP contribution in [-0.2, 0) is 11.3 Å². The SMILES string of the molecule is COc1ccc(CNC(=O)C2CC(O)CN2C(=O)Nc2ccccc2)c(OC)c1. The topological polar surface area (TPSA) is 100 Å². The van der Waals surface area contributed by atoms with Gasteiger partial charge in [0.2, 0.25) is 5.91 Å². The monoisotopic (exact) mass is 399 g/mol. The molecule has 0 aliphatic carbocycles. The highest BCUT2D eigenvalue weighted by atomic mass is 16.5. The molecule has 0 bridgehead atoms. The zero-order valence-electron chi connectivity index (χ0n) is 16.4. The lowest BCUT2D eigenvalue weighted by molar-refractivity contribution is -0.124. The number of hydrogen-bond acceptors (Lipinski definition) is 5. The molecule has 29 heavy (non-hydrogen) atoms. The van der Waals surface area contributed by atoms with Crippen LogP contribution in [0, 0.1) is 0 Å². The van der Waals surface area contributed by atoms with Crippen LogP contribution in [0.5, 0.6) is 11.5 Å². The number of nitrogens with zero attached hydrogens (tertiary/aromatic N) is 1. The van der Waals surface area contributed by atoms with E-state index in [4.69, 9.17) is 9.47 Å². The summed E-state index contributed by atoms with van der Waals surface area (Å²) in [6, 6.07) is 13.1. The maximum atomic E-state index is 12.7. The molecule has 0 saturated carbocycles. The number of anilines is 1. The van der Waals surface area contributed by atoms with Gasteiger partial charge in [-0.2, -0.15) is 0 Å². The van der Waals surface area contributed by atoms with Gasteiger partial charge in [-0.25, -0.2) is 4.79 Å². The summed E-state index contributed by atoms with van der Waals surface area (Å²) in [5, 5.41) is 15.6. The molecular formula is C21H25N3O5. The summed E-state index contributed by atoms with van der Waals surface area (Å²) in [6.45, 7) is 0.329. The zero-order chi connectivity index (χ0) is 20.8. The largest absolute Gasteiger partial charge is 0.497 e. The van der Waals surface area contributed by atoms with E-state index in [0.29, 0.717) is 17.2 Å². The molecule has 3 amide bonds. The molecule has 2 aromatic rings. The van der Waals surface area contributed by atoms with Gasteiger partial charge in [0.1, 0.15) is 17.5 Å². The Labute approximate surface area is 169 Å². The molecule has 1 heterocycles. The van der Waals surface area contributed by atoms with Crippen molar-refractivity contribution >= 4 is 17.6 Å². The van der Waals surface area contributed by atoms with Gasteiger partial charge >= 0.3 is 6.03 Å². The number of hydrogen-bond donors (Lipinski definition) is 3. The number of likely N-dealkylation sites (tertiary alicyclic amines) is 1. The normalized spacial score (nSPS) is 18.2. The summed E-state index contributed by atoms with van der Waals surface area (Å²) < 4.78 is 10.5. The van der Waals surface area contributed by atoms with Crippen molar-refractivity contribution in [3.05, 3.63) is 54.1 Å². The van der Waals surface area contributed by atoms with Gasteiger partial charge in [-0.15, -0.1) is 0 Å². The predicted octanol–water partition coefficient (Wildman–Crippen LogP) is 1.99. The van der Waals surface area contributed by atoms with Crippen LogP contribution in [0.3, 0.4) is 0 Å². The van der Waals surface area contributed by atoms with Gasteiger partial charge in [-0.3, -0.25) is 4.79 Å². The summed E-state index contributed by atoms with van der Waals surface area (Å²) >= 11 is 0. The van der Waals surface area contributed by atoms with Gasteiger partial charge in [-0.1, -0.05) is 18.2 Å². The van der Waals surface area contributed by atoms with E-state index in [-0.39, 0.29) is 25.4 Å². The molecule has 2 unspecified atom stereocenters. The highest BCUT2D eigenvalue weighted by Crippen LogP contribution is 2.25. The second-order valence-electron chi connectivity index (χ2n) is 6.75. The molecule has 1 saturated heterocycles. The lowest BCUT2D eigenvalue weighted by Crippen LogP contribution is -2.47. The fourth-order valence-corrected chi connectivity index (χ4v) is 3.30. The number of rotatable bonds is 6. The summed E-state index contributed by atoms with van der Waals surface area (Å²) in [7, 11) is 3.11. The number of benzene rings is 2. The molecule has 0 spiro atoms. The molecule has 2 aromatic carbocycles. The number of carbonyl (C=O) groups is 2. The van der Waals surface area contributed by atoms with Crippen molar-refractivity contribution in [3.8, 4) is 11.5 Å². The van der Waals surface area contributed by atoms with Crippen molar-refractivity contribution in [2.24, 2.45) is 0 Å². The van der Waals surface area contributed by atoms with E-state index in [9.17, 15) is 14.7 Å². The second kappa shape index (κ2) is 9.29. The maximum Gasteiger partial charge on any atom is 0.322 e. The molecule has 0 aromatic heterocycles. The van der Waals surface area contributed by atoms with Gasteiger partial charge in [-0.05, 0) is 24.3 Å². The van der Waals surface area contributed by atoms with E-state index in [1.807, 2.05) is 6.07 Å². The number of ether oxygens (including phenoxy) is 2. The minimum Gasteiger partial charge on any atom is -0.497 e. The van der Waals surface area contributed by atoms with Crippen LogP contribution in [0.2, 0.25) is 0 Å². The highest BCUT2D eigenvalue weighted by molar-refractivity contribution is 5.94. The second-order valence-corrected chi connectivity index (χ2v) is 6.75. The molecule has 3 rings (SSSR count). The fraction of sp³-hybridized carbons (Fsp3) is 0.333. The quantitative estimate of drug-likeness (QED) is 0.690. The standard InChI is InChI=1S/C21H25N3O5/c1-28-17-9-8-14(19(11-17)29-2)12-22-20(26)18-10-16(25)13-24(18)21(27)23-15-6-4-3-5-7-15/h3-9,11,16,18,25H,10,12-13H2,1-2H3,(H,22,26)(H,23,27). The third kappa shape index (κ3) is 4.97. The van der Waals surface area contributed by atoms with Crippen LogP contribution < -0.4 is 20.1 Å². The average molecular weight is 399 g/mol. The van der Waals surface area contributed by atoms with Crippen molar-refractivity contribution in [1.29, 1.82) is 0 Å². The number of carbonyl (C=O) groups excluding carboxylic acids is 2. The Kier molecular flexibility index (Phi) is 6.56. The van der Waals surface area contributed by atoms with Crippen LogP contribution in [0.15, 0.2) is 48.5 Å². The average Bonchev–Trinajstić information content (AvgIpc) is 3.14. The number of aliphatic hydroxyl groups is 1. The molecule has 8 nitrogen and oxygen atoms in total. The van der Waals surface area contributed by atoms with Crippen LogP contribution in [0.4, 0.5) is 10.5 Å². The number of urea groups is 1. The first-order valence-electron chi connectivity index (χ1n) is 9.31. The fourth-order valence-electron chi connectivity index (χ4n) is 3.30.